The standard InChI is InChI=1S/C46H61N5O10/c1-6-7-10-23-39(52)50-46(29-35-21-15-16-22-37(35)34-19-13-9-14-20-34,36(31-60-40(53)32-58-5)30-47-44(57)61-45(2,3)4)42(55)48-38(28-33-17-11-8-12-18-33)41(54)49-43(56)51-24-26-59-27-25-51/h8-9,11-22,36,38H,6-7,10,23-32H2,1-5H3,(H,47,57)(H,48,55)(H,50,52)(H,49,54,56). The summed E-state index contributed by atoms with van der Waals surface area (Å²) in [6.45, 7) is 7.08. The molecule has 0 spiro atoms. The van der Waals surface area contributed by atoms with Crippen molar-refractivity contribution in [2.45, 2.75) is 83.4 Å². The number of ether oxygens (including phenoxy) is 4. The molecule has 1 aliphatic rings. The number of carbonyl (C=O) groups is 6. The lowest BCUT2D eigenvalue weighted by Gasteiger charge is -2.41. The second-order valence-corrected chi connectivity index (χ2v) is 16.0. The summed E-state index contributed by atoms with van der Waals surface area (Å²) in [7, 11) is 1.33. The van der Waals surface area contributed by atoms with Crippen molar-refractivity contribution >= 4 is 35.8 Å². The molecular formula is C46H61N5O10. The number of carbonyl (C=O) groups excluding carboxylic acids is 6. The first-order valence-electron chi connectivity index (χ1n) is 20.8. The Hall–Kier alpha value is -5.80. The average Bonchev–Trinajstić information content (AvgIpc) is 3.24. The van der Waals surface area contributed by atoms with E-state index in [0.717, 1.165) is 24.0 Å². The third kappa shape index (κ3) is 15.3. The SMILES string of the molecule is CCCCCC(=O)NC(Cc1ccccc1-c1ccccc1)(C(=O)NC(Cc1ccccc1)C(=O)NC(=O)N1CCOCC1)C(CNC(=O)OC(C)(C)C)COC(=O)COC. The molecule has 15 heteroatoms. The number of nitrogens with one attached hydrogen (secondary N) is 4. The van der Waals surface area contributed by atoms with Gasteiger partial charge in [0.1, 0.15) is 23.8 Å². The van der Waals surface area contributed by atoms with Gasteiger partial charge in [-0.25, -0.2) is 14.4 Å². The molecule has 0 radical (unpaired) electrons. The molecule has 330 valence electrons. The number of nitrogens with zero attached hydrogens (tertiary/aromatic N) is 1. The van der Waals surface area contributed by atoms with Gasteiger partial charge in [0.05, 0.1) is 19.8 Å². The van der Waals surface area contributed by atoms with E-state index in [4.69, 9.17) is 18.9 Å². The van der Waals surface area contributed by atoms with E-state index in [9.17, 15) is 24.0 Å². The molecule has 3 atom stereocenters. The zero-order valence-electron chi connectivity index (χ0n) is 36.0. The number of urea groups is 1. The van der Waals surface area contributed by atoms with Crippen LogP contribution in [0.1, 0.15) is 64.5 Å². The predicted octanol–water partition coefficient (Wildman–Crippen LogP) is 4.96. The van der Waals surface area contributed by atoms with Crippen molar-refractivity contribution in [2.75, 3.05) is 53.2 Å². The Kier molecular flexibility index (Phi) is 18.7. The molecule has 1 aliphatic heterocycles. The number of alkyl carbamates (subject to hydrolysis) is 1. The number of rotatable bonds is 20. The molecule has 15 nitrogen and oxygen atoms in total. The van der Waals surface area contributed by atoms with Crippen LogP contribution >= 0.6 is 0 Å². The molecule has 1 saturated heterocycles. The minimum Gasteiger partial charge on any atom is -0.464 e. The van der Waals surface area contributed by atoms with Gasteiger partial charge in [0.15, 0.2) is 0 Å². The molecule has 4 N–H and O–H groups in total. The zero-order chi connectivity index (χ0) is 44.3. The quantitative estimate of drug-likeness (QED) is 0.0894. The molecule has 61 heavy (non-hydrogen) atoms. The van der Waals surface area contributed by atoms with Crippen molar-refractivity contribution in [3.63, 3.8) is 0 Å². The van der Waals surface area contributed by atoms with E-state index in [-0.39, 0.29) is 38.9 Å². The average molecular weight is 844 g/mol. The summed E-state index contributed by atoms with van der Waals surface area (Å²) in [5, 5.41) is 11.2. The first kappa shape index (κ1) is 47.9. The lowest BCUT2D eigenvalue weighted by molar-refractivity contribution is -0.152. The van der Waals surface area contributed by atoms with Crippen LogP contribution in [0.15, 0.2) is 84.9 Å². The number of imide groups is 1. The fraction of sp³-hybridized carbons (Fsp3) is 0.478. The highest BCUT2D eigenvalue weighted by atomic mass is 16.6. The van der Waals surface area contributed by atoms with Gasteiger partial charge in [-0.3, -0.25) is 19.7 Å². The smallest absolute Gasteiger partial charge is 0.407 e. The maximum absolute atomic E-state index is 15.6. The van der Waals surface area contributed by atoms with Gasteiger partial charge in [-0.1, -0.05) is 105 Å². The molecule has 0 bridgehead atoms. The number of esters is 1. The highest BCUT2D eigenvalue weighted by Crippen LogP contribution is 2.32. The molecule has 3 aromatic rings. The van der Waals surface area contributed by atoms with Crippen LogP contribution in [0.4, 0.5) is 9.59 Å². The van der Waals surface area contributed by atoms with Crippen LogP contribution in [0.2, 0.25) is 0 Å². The van der Waals surface area contributed by atoms with Gasteiger partial charge in [0.2, 0.25) is 11.8 Å². The molecule has 4 rings (SSSR count). The monoisotopic (exact) mass is 843 g/mol. The number of hydrogen-bond donors (Lipinski definition) is 4. The number of amides is 6. The van der Waals surface area contributed by atoms with E-state index in [1.807, 2.05) is 67.6 Å². The van der Waals surface area contributed by atoms with Crippen LogP contribution in [0, 0.1) is 5.92 Å². The molecule has 6 amide bonds. The number of unbranched alkanes of at least 4 members (excludes halogenated alkanes) is 2. The van der Waals surface area contributed by atoms with Gasteiger partial charge in [0, 0.05) is 51.9 Å². The molecule has 0 aromatic heterocycles. The third-order valence-corrected chi connectivity index (χ3v) is 10.1. The van der Waals surface area contributed by atoms with Crippen LogP contribution in [0.25, 0.3) is 11.1 Å². The fourth-order valence-corrected chi connectivity index (χ4v) is 6.97. The predicted molar refractivity (Wildman–Crippen MR) is 229 cm³/mol. The summed E-state index contributed by atoms with van der Waals surface area (Å²) in [5.41, 5.74) is 0.0133. The van der Waals surface area contributed by atoms with Crippen molar-refractivity contribution < 1.29 is 47.7 Å². The summed E-state index contributed by atoms with van der Waals surface area (Å²) in [5.74, 6) is -3.99. The Bertz CT molecular complexity index is 1900. The van der Waals surface area contributed by atoms with E-state index in [0.29, 0.717) is 30.8 Å². The Morgan fingerprint density at radius 3 is 2.16 bits per heavy atom. The second kappa shape index (κ2) is 23.8. The van der Waals surface area contributed by atoms with E-state index in [2.05, 4.69) is 21.3 Å². The van der Waals surface area contributed by atoms with Gasteiger partial charge < -0.3 is 39.8 Å². The first-order valence-corrected chi connectivity index (χ1v) is 20.8. The van der Waals surface area contributed by atoms with E-state index in [1.165, 1.54) is 12.0 Å². The highest BCUT2D eigenvalue weighted by molar-refractivity contribution is 6.01. The topological polar surface area (TPSA) is 191 Å². The van der Waals surface area contributed by atoms with Gasteiger partial charge in [-0.05, 0) is 49.4 Å². The first-order chi connectivity index (χ1) is 29.2. The maximum atomic E-state index is 15.6. The number of hydrogen-bond acceptors (Lipinski definition) is 10. The van der Waals surface area contributed by atoms with Crippen LogP contribution in [0.3, 0.4) is 0 Å². The molecule has 1 heterocycles. The molecular weight excluding hydrogens is 783 g/mol. The lowest BCUT2D eigenvalue weighted by atomic mass is 9.76. The molecule has 0 aliphatic carbocycles. The summed E-state index contributed by atoms with van der Waals surface area (Å²) < 4.78 is 21.7. The van der Waals surface area contributed by atoms with Crippen LogP contribution in [0.5, 0.6) is 0 Å². The normalized spacial score (nSPS) is 14.7. The molecule has 1 fully saturated rings. The van der Waals surface area contributed by atoms with Crippen molar-refractivity contribution in [1.29, 1.82) is 0 Å². The van der Waals surface area contributed by atoms with E-state index >= 15 is 4.79 Å². The Morgan fingerprint density at radius 2 is 1.51 bits per heavy atom. The Balaban J connectivity index is 1.90. The van der Waals surface area contributed by atoms with Crippen LogP contribution in [-0.2, 0) is 51.0 Å². The Labute approximate surface area is 358 Å². The number of benzene rings is 3. The van der Waals surface area contributed by atoms with Gasteiger partial charge >= 0.3 is 18.1 Å². The van der Waals surface area contributed by atoms with E-state index < -0.39 is 72.1 Å². The largest absolute Gasteiger partial charge is 0.464 e. The summed E-state index contributed by atoms with van der Waals surface area (Å²) >= 11 is 0. The lowest BCUT2D eigenvalue weighted by Crippen LogP contribution is -2.69. The van der Waals surface area contributed by atoms with Crippen molar-refractivity contribution in [1.82, 2.24) is 26.2 Å². The second-order valence-electron chi connectivity index (χ2n) is 16.0. The molecule has 0 saturated carbocycles. The number of morpholine rings is 1. The van der Waals surface area contributed by atoms with Crippen LogP contribution < -0.4 is 21.3 Å². The summed E-state index contributed by atoms with van der Waals surface area (Å²) in [6, 6.07) is 23.9. The minimum absolute atomic E-state index is 0.0282. The minimum atomic E-state index is -2.01. The van der Waals surface area contributed by atoms with E-state index in [1.54, 1.807) is 45.0 Å². The summed E-state index contributed by atoms with van der Waals surface area (Å²) in [6.07, 6.45) is 1.14. The molecule has 3 unspecified atom stereocenters. The van der Waals surface area contributed by atoms with Gasteiger partial charge in [-0.2, -0.15) is 0 Å². The van der Waals surface area contributed by atoms with Gasteiger partial charge in [-0.15, -0.1) is 0 Å². The highest BCUT2D eigenvalue weighted by Gasteiger charge is 2.49. The summed E-state index contributed by atoms with van der Waals surface area (Å²) in [4.78, 5) is 85.0. The van der Waals surface area contributed by atoms with Gasteiger partial charge in [0.25, 0.3) is 5.91 Å². The zero-order valence-corrected chi connectivity index (χ0v) is 36.0. The Morgan fingerprint density at radius 1 is 0.852 bits per heavy atom. The van der Waals surface area contributed by atoms with Crippen LogP contribution in [-0.4, -0.2) is 111 Å². The molecule has 3 aromatic carbocycles. The number of methoxy groups -OCH3 is 1. The van der Waals surface area contributed by atoms with Crippen molar-refractivity contribution in [3.8, 4) is 11.1 Å². The third-order valence-electron chi connectivity index (χ3n) is 10.1. The van der Waals surface area contributed by atoms with Crippen molar-refractivity contribution in [3.05, 3.63) is 96.1 Å². The fourth-order valence-electron chi connectivity index (χ4n) is 6.97. The maximum Gasteiger partial charge on any atom is 0.407 e. The van der Waals surface area contributed by atoms with Crippen molar-refractivity contribution in [2.24, 2.45) is 5.92 Å².